The van der Waals surface area contributed by atoms with Crippen molar-refractivity contribution in [1.29, 1.82) is 5.26 Å². The summed E-state index contributed by atoms with van der Waals surface area (Å²) >= 11 is 7.25. The Morgan fingerprint density at radius 2 is 2.06 bits per heavy atom. The lowest BCUT2D eigenvalue weighted by Crippen LogP contribution is -2.03. The zero-order valence-electron chi connectivity index (χ0n) is 9.31. The summed E-state index contributed by atoms with van der Waals surface area (Å²) in [7, 11) is 0. The summed E-state index contributed by atoms with van der Waals surface area (Å²) in [6.07, 6.45) is 0. The van der Waals surface area contributed by atoms with Gasteiger partial charge in [0.05, 0.1) is 11.8 Å². The Morgan fingerprint density at radius 3 is 2.59 bits per heavy atom. The van der Waals surface area contributed by atoms with Crippen LogP contribution in [0, 0.1) is 25.2 Å². The highest BCUT2D eigenvalue weighted by Crippen LogP contribution is 2.26. The van der Waals surface area contributed by atoms with Crippen LogP contribution in [-0.2, 0) is 0 Å². The highest BCUT2D eigenvalue weighted by atomic mass is 35.5. The summed E-state index contributed by atoms with van der Waals surface area (Å²) in [5.74, 6) is -0.479. The molecule has 0 aliphatic rings. The number of nitrogens with zero attached hydrogens (tertiary/aromatic N) is 4. The van der Waals surface area contributed by atoms with Crippen molar-refractivity contribution in [3.8, 4) is 6.07 Å². The molecule has 6 heteroatoms. The van der Waals surface area contributed by atoms with Gasteiger partial charge in [0.15, 0.2) is 0 Å². The van der Waals surface area contributed by atoms with Gasteiger partial charge in [-0.05, 0) is 31.5 Å². The summed E-state index contributed by atoms with van der Waals surface area (Å²) in [5.41, 5.74) is 2.25. The molecule has 0 aromatic carbocycles. The summed E-state index contributed by atoms with van der Waals surface area (Å²) in [6, 6.07) is 3.96. The third-order valence-electron chi connectivity index (χ3n) is 2.16. The van der Waals surface area contributed by atoms with E-state index in [0.717, 1.165) is 16.4 Å². The second-order valence-electron chi connectivity index (χ2n) is 3.59. The molecule has 86 valence electrons. The Balaban J connectivity index is 2.46. The number of halogens is 1. The van der Waals surface area contributed by atoms with Crippen LogP contribution in [0.2, 0.25) is 5.28 Å². The van der Waals surface area contributed by atoms with Crippen LogP contribution < -0.4 is 0 Å². The first-order chi connectivity index (χ1) is 8.10. The summed E-state index contributed by atoms with van der Waals surface area (Å²) in [4.78, 5) is 12.4. The summed E-state index contributed by atoms with van der Waals surface area (Å²) in [5, 5.41) is 12.0. The van der Waals surface area contributed by atoms with E-state index in [4.69, 9.17) is 11.6 Å². The van der Waals surface area contributed by atoms with Gasteiger partial charge in [-0.2, -0.15) is 5.26 Å². The van der Waals surface area contributed by atoms with E-state index >= 15 is 0 Å². The lowest BCUT2D eigenvalue weighted by molar-refractivity contribution is 0.913. The molecule has 2 heterocycles. The molecule has 0 spiro atoms. The predicted octanol–water partition coefficient (Wildman–Crippen LogP) is 2.86. The molecule has 2 aromatic rings. The van der Waals surface area contributed by atoms with E-state index in [9.17, 15) is 5.26 Å². The molecule has 1 atom stereocenters. The zero-order valence-corrected chi connectivity index (χ0v) is 10.9. The highest BCUT2D eigenvalue weighted by Gasteiger charge is 2.19. The fourth-order valence-corrected chi connectivity index (χ4v) is 2.54. The predicted molar refractivity (Wildman–Crippen MR) is 66.1 cm³/mol. The van der Waals surface area contributed by atoms with Crippen molar-refractivity contribution < 1.29 is 0 Å². The van der Waals surface area contributed by atoms with Crippen molar-refractivity contribution >= 4 is 22.9 Å². The van der Waals surface area contributed by atoms with Gasteiger partial charge in [0.25, 0.3) is 0 Å². The molecule has 2 rings (SSSR count). The molecule has 1 unspecified atom stereocenters. The van der Waals surface area contributed by atoms with E-state index in [1.54, 1.807) is 6.07 Å². The topological polar surface area (TPSA) is 62.5 Å². The minimum absolute atomic E-state index is 0.161. The fraction of sp³-hybridized carbons (Fsp3) is 0.273. The van der Waals surface area contributed by atoms with Crippen LogP contribution >= 0.6 is 22.9 Å². The first kappa shape index (κ1) is 12.0. The van der Waals surface area contributed by atoms with Gasteiger partial charge in [-0.1, -0.05) is 0 Å². The van der Waals surface area contributed by atoms with Gasteiger partial charge in [0.2, 0.25) is 5.28 Å². The molecule has 2 aromatic heterocycles. The Morgan fingerprint density at radius 1 is 1.29 bits per heavy atom. The average Bonchev–Trinajstić information content (AvgIpc) is 2.64. The molecule has 0 aliphatic carbocycles. The Bertz CT molecular complexity index is 567. The molecule has 0 aliphatic heterocycles. The van der Waals surface area contributed by atoms with Gasteiger partial charge in [0.1, 0.15) is 10.9 Å². The van der Waals surface area contributed by atoms with Crippen molar-refractivity contribution in [1.82, 2.24) is 15.0 Å². The van der Waals surface area contributed by atoms with Gasteiger partial charge in [-0.3, -0.25) is 0 Å². The zero-order chi connectivity index (χ0) is 12.4. The van der Waals surface area contributed by atoms with Crippen LogP contribution in [0.25, 0.3) is 0 Å². The van der Waals surface area contributed by atoms with E-state index < -0.39 is 5.92 Å². The minimum atomic E-state index is -0.479. The molecule has 0 bridgehead atoms. The quantitative estimate of drug-likeness (QED) is 0.783. The number of aromatic nitrogens is 3. The van der Waals surface area contributed by atoms with Gasteiger partial charge >= 0.3 is 0 Å². The number of rotatable bonds is 2. The molecule has 0 amide bonds. The monoisotopic (exact) mass is 264 g/mol. The van der Waals surface area contributed by atoms with E-state index in [2.05, 4.69) is 21.0 Å². The second kappa shape index (κ2) is 4.78. The molecule has 17 heavy (non-hydrogen) atoms. The Hall–Kier alpha value is -1.51. The van der Waals surface area contributed by atoms with E-state index in [1.165, 1.54) is 11.3 Å². The molecule has 4 nitrogen and oxygen atoms in total. The normalized spacial score (nSPS) is 12.1. The maximum Gasteiger partial charge on any atom is 0.222 e. The van der Waals surface area contributed by atoms with Crippen LogP contribution in [0.3, 0.4) is 0 Å². The van der Waals surface area contributed by atoms with Crippen molar-refractivity contribution in [2.24, 2.45) is 0 Å². The third kappa shape index (κ3) is 2.60. The smallest absolute Gasteiger partial charge is 0.222 e. The molecule has 0 radical (unpaired) electrons. The molecule has 0 saturated heterocycles. The maximum absolute atomic E-state index is 9.24. The molecular weight excluding hydrogens is 256 g/mol. The average molecular weight is 265 g/mol. The lowest BCUT2D eigenvalue weighted by atomic mass is 10.1. The Labute approximate surface area is 108 Å². The summed E-state index contributed by atoms with van der Waals surface area (Å²) in [6.45, 7) is 3.71. The van der Waals surface area contributed by atoms with Gasteiger partial charge in [0, 0.05) is 16.8 Å². The van der Waals surface area contributed by atoms with Crippen molar-refractivity contribution in [3.63, 3.8) is 0 Å². The SMILES string of the molecule is Cc1cc(C(C#N)c2nc(C)cs2)nc(Cl)n1. The second-order valence-corrected chi connectivity index (χ2v) is 4.82. The standard InChI is InChI=1S/C11H9ClN4S/c1-6-3-9(16-11(12)15-6)8(4-13)10-14-7(2)5-17-10/h3,5,8H,1-2H3. The molecule has 0 N–H and O–H groups in total. The first-order valence-electron chi connectivity index (χ1n) is 4.93. The van der Waals surface area contributed by atoms with Gasteiger partial charge in [-0.15, -0.1) is 11.3 Å². The number of nitriles is 1. The minimum Gasteiger partial charge on any atom is -0.245 e. The van der Waals surface area contributed by atoms with Crippen LogP contribution in [0.1, 0.15) is 28.0 Å². The van der Waals surface area contributed by atoms with Crippen LogP contribution in [0.15, 0.2) is 11.4 Å². The van der Waals surface area contributed by atoms with Crippen LogP contribution in [0.4, 0.5) is 0 Å². The van der Waals surface area contributed by atoms with E-state index in [0.29, 0.717) is 5.69 Å². The number of hydrogen-bond acceptors (Lipinski definition) is 5. The number of thiazole rings is 1. The largest absolute Gasteiger partial charge is 0.245 e. The van der Waals surface area contributed by atoms with Crippen LogP contribution in [0.5, 0.6) is 0 Å². The van der Waals surface area contributed by atoms with Crippen molar-refractivity contribution in [2.45, 2.75) is 19.8 Å². The highest BCUT2D eigenvalue weighted by molar-refractivity contribution is 7.09. The lowest BCUT2D eigenvalue weighted by Gasteiger charge is -2.06. The van der Waals surface area contributed by atoms with Crippen molar-refractivity contribution in [2.75, 3.05) is 0 Å². The summed E-state index contributed by atoms with van der Waals surface area (Å²) < 4.78 is 0. The first-order valence-corrected chi connectivity index (χ1v) is 6.18. The molecule has 0 saturated carbocycles. The molecule has 0 fully saturated rings. The maximum atomic E-state index is 9.24. The molecular formula is C11H9ClN4S. The van der Waals surface area contributed by atoms with Crippen LogP contribution in [-0.4, -0.2) is 15.0 Å². The van der Waals surface area contributed by atoms with E-state index in [-0.39, 0.29) is 5.28 Å². The Kier molecular flexibility index (Phi) is 3.36. The third-order valence-corrected chi connectivity index (χ3v) is 3.35. The fourth-order valence-electron chi connectivity index (χ4n) is 1.46. The van der Waals surface area contributed by atoms with Crippen molar-refractivity contribution in [3.05, 3.63) is 38.8 Å². The number of aryl methyl sites for hydroxylation is 2. The van der Waals surface area contributed by atoms with Gasteiger partial charge in [-0.25, -0.2) is 15.0 Å². The van der Waals surface area contributed by atoms with Gasteiger partial charge < -0.3 is 0 Å². The van der Waals surface area contributed by atoms with E-state index in [1.807, 2.05) is 19.2 Å². The number of hydrogen-bond donors (Lipinski definition) is 0.